The molecule has 1 aliphatic heterocycles. The van der Waals surface area contributed by atoms with Crippen LogP contribution in [0, 0.1) is 6.92 Å². The van der Waals surface area contributed by atoms with Gasteiger partial charge in [0.25, 0.3) is 5.91 Å². The first-order valence-corrected chi connectivity index (χ1v) is 9.25. The number of carbonyl (C=O) groups is 2. The zero-order valence-corrected chi connectivity index (χ0v) is 15.8. The summed E-state index contributed by atoms with van der Waals surface area (Å²) in [5, 5.41) is 5.28. The van der Waals surface area contributed by atoms with Crippen molar-refractivity contribution in [3.8, 4) is 0 Å². The van der Waals surface area contributed by atoms with E-state index in [1.807, 2.05) is 20.0 Å². The molecular weight excluding hydrogens is 330 g/mol. The molecule has 2 aromatic heterocycles. The third-order valence-corrected chi connectivity index (χ3v) is 5.45. The molecule has 0 N–H and O–H groups in total. The normalized spacial score (nSPS) is 20.0. The predicted octanol–water partition coefficient (Wildman–Crippen LogP) is 1.85. The molecule has 2 fully saturated rings. The molecule has 0 spiro atoms. The molecule has 7 heteroatoms. The Bertz CT molecular complexity index is 897. The van der Waals surface area contributed by atoms with Gasteiger partial charge in [0, 0.05) is 39.3 Å². The largest absolute Gasteiger partial charge is 0.347 e. The van der Waals surface area contributed by atoms with Gasteiger partial charge in [0.05, 0.1) is 16.6 Å². The van der Waals surface area contributed by atoms with Crippen LogP contribution in [0.5, 0.6) is 0 Å². The number of amides is 2. The quantitative estimate of drug-likeness (QED) is 0.842. The molecule has 26 heavy (non-hydrogen) atoms. The van der Waals surface area contributed by atoms with E-state index in [2.05, 4.69) is 5.10 Å². The van der Waals surface area contributed by atoms with Gasteiger partial charge in [-0.05, 0) is 38.7 Å². The maximum Gasteiger partial charge on any atom is 0.255 e. The topological polar surface area (TPSA) is 71.3 Å². The third-order valence-electron chi connectivity index (χ3n) is 5.45. The minimum Gasteiger partial charge on any atom is -0.347 e. The minimum absolute atomic E-state index is 0.00789. The summed E-state index contributed by atoms with van der Waals surface area (Å²) in [6.45, 7) is 2.52. The van der Waals surface area contributed by atoms with Crippen LogP contribution < -0.4 is 0 Å². The third kappa shape index (κ3) is 2.66. The summed E-state index contributed by atoms with van der Waals surface area (Å²) in [6.07, 6.45) is 3.81. The summed E-state index contributed by atoms with van der Waals surface area (Å²) >= 11 is 0. The second-order valence-electron chi connectivity index (χ2n) is 7.67. The van der Waals surface area contributed by atoms with Crippen molar-refractivity contribution in [1.29, 1.82) is 0 Å². The van der Waals surface area contributed by atoms with Crippen LogP contribution in [0.2, 0.25) is 0 Å². The number of hydrogen-bond acceptors (Lipinski definition) is 4. The molecule has 2 aliphatic rings. The lowest BCUT2D eigenvalue weighted by molar-refractivity contribution is -0.132. The van der Waals surface area contributed by atoms with Gasteiger partial charge in [-0.1, -0.05) is 0 Å². The van der Waals surface area contributed by atoms with Gasteiger partial charge in [-0.2, -0.15) is 5.10 Å². The van der Waals surface area contributed by atoms with Crippen molar-refractivity contribution in [1.82, 2.24) is 24.6 Å². The van der Waals surface area contributed by atoms with E-state index in [9.17, 15) is 9.59 Å². The maximum absolute atomic E-state index is 13.4. The van der Waals surface area contributed by atoms with Gasteiger partial charge in [-0.3, -0.25) is 14.3 Å². The van der Waals surface area contributed by atoms with Crippen LogP contribution >= 0.6 is 0 Å². The number of rotatable bonds is 3. The molecule has 3 heterocycles. The van der Waals surface area contributed by atoms with Crippen molar-refractivity contribution in [2.75, 3.05) is 20.6 Å². The molecule has 0 bridgehead atoms. The smallest absolute Gasteiger partial charge is 0.255 e. The average Bonchev–Trinajstić information content (AvgIpc) is 3.28. The van der Waals surface area contributed by atoms with E-state index >= 15 is 0 Å². The predicted molar refractivity (Wildman–Crippen MR) is 98.0 cm³/mol. The second-order valence-corrected chi connectivity index (χ2v) is 7.67. The van der Waals surface area contributed by atoms with E-state index in [4.69, 9.17) is 4.98 Å². The van der Waals surface area contributed by atoms with Gasteiger partial charge < -0.3 is 9.80 Å². The standard InChI is InChI=1S/C19H25N5O2/c1-11-16-13(10-14(12-7-8-12)20-17(16)23(4)21-11)18(25)24-9-5-6-15(24)19(26)22(2)3/h10,12,15H,5-9H2,1-4H3. The summed E-state index contributed by atoms with van der Waals surface area (Å²) in [4.78, 5) is 34.0. The van der Waals surface area contributed by atoms with Crippen LogP contribution in [0.15, 0.2) is 6.07 Å². The number of aryl methyl sites for hydroxylation is 2. The Balaban J connectivity index is 1.80. The Labute approximate surface area is 153 Å². The fourth-order valence-electron chi connectivity index (χ4n) is 3.94. The highest BCUT2D eigenvalue weighted by molar-refractivity contribution is 6.08. The molecule has 1 unspecified atom stereocenters. The highest BCUT2D eigenvalue weighted by Gasteiger charge is 2.37. The molecular formula is C19H25N5O2. The number of carbonyl (C=O) groups excluding carboxylic acids is 2. The highest BCUT2D eigenvalue weighted by Crippen LogP contribution is 2.40. The first-order valence-electron chi connectivity index (χ1n) is 9.25. The number of likely N-dealkylation sites (tertiary alicyclic amines) is 1. The first-order chi connectivity index (χ1) is 12.4. The number of fused-ring (bicyclic) bond motifs is 1. The first kappa shape index (κ1) is 17.0. The van der Waals surface area contributed by atoms with Crippen LogP contribution in [-0.2, 0) is 11.8 Å². The summed E-state index contributed by atoms with van der Waals surface area (Å²) in [5.74, 6) is 0.360. The SMILES string of the molecule is Cc1nn(C)c2nc(C3CC3)cc(C(=O)N3CCCC3C(=O)N(C)C)c12. The number of nitrogens with zero attached hydrogens (tertiary/aromatic N) is 5. The molecule has 1 atom stereocenters. The number of pyridine rings is 1. The van der Waals surface area contributed by atoms with Crippen molar-refractivity contribution in [3.05, 3.63) is 23.0 Å². The van der Waals surface area contributed by atoms with Gasteiger partial charge in [-0.25, -0.2) is 4.98 Å². The van der Waals surface area contributed by atoms with Crippen molar-refractivity contribution in [3.63, 3.8) is 0 Å². The molecule has 0 radical (unpaired) electrons. The minimum atomic E-state index is -0.373. The fraction of sp³-hybridized carbons (Fsp3) is 0.579. The van der Waals surface area contributed by atoms with Crippen LogP contribution in [0.4, 0.5) is 0 Å². The summed E-state index contributed by atoms with van der Waals surface area (Å²) in [6, 6.07) is 1.56. The summed E-state index contributed by atoms with van der Waals surface area (Å²) < 4.78 is 1.75. The second kappa shape index (κ2) is 6.07. The van der Waals surface area contributed by atoms with Crippen molar-refractivity contribution in [2.24, 2.45) is 7.05 Å². The van der Waals surface area contributed by atoms with Crippen molar-refractivity contribution < 1.29 is 9.59 Å². The summed E-state index contributed by atoms with van der Waals surface area (Å²) in [5.41, 5.74) is 3.17. The van der Waals surface area contributed by atoms with E-state index in [-0.39, 0.29) is 17.9 Å². The van der Waals surface area contributed by atoms with Gasteiger partial charge in [0.2, 0.25) is 5.91 Å². The summed E-state index contributed by atoms with van der Waals surface area (Å²) in [7, 11) is 5.34. The molecule has 2 aromatic rings. The fourth-order valence-corrected chi connectivity index (χ4v) is 3.94. The maximum atomic E-state index is 13.4. The Morgan fingerprint density at radius 1 is 1.23 bits per heavy atom. The van der Waals surface area contributed by atoms with Gasteiger partial charge in [0.1, 0.15) is 6.04 Å². The van der Waals surface area contributed by atoms with Crippen molar-refractivity contribution in [2.45, 2.75) is 44.6 Å². The number of aromatic nitrogens is 3. The van der Waals surface area contributed by atoms with Gasteiger partial charge >= 0.3 is 0 Å². The molecule has 1 saturated carbocycles. The average molecular weight is 355 g/mol. The van der Waals surface area contributed by atoms with E-state index in [1.165, 1.54) is 0 Å². The Morgan fingerprint density at radius 3 is 2.62 bits per heavy atom. The van der Waals surface area contributed by atoms with Crippen LogP contribution in [0.1, 0.15) is 53.3 Å². The molecule has 1 aliphatic carbocycles. The van der Waals surface area contributed by atoms with E-state index in [0.29, 0.717) is 18.0 Å². The van der Waals surface area contributed by atoms with Crippen LogP contribution in [-0.4, -0.2) is 63.1 Å². The van der Waals surface area contributed by atoms with Gasteiger partial charge in [0.15, 0.2) is 5.65 Å². The zero-order valence-electron chi connectivity index (χ0n) is 15.8. The zero-order chi connectivity index (χ0) is 18.6. The lowest BCUT2D eigenvalue weighted by atomic mass is 10.1. The van der Waals surface area contributed by atoms with E-state index in [0.717, 1.165) is 48.1 Å². The highest BCUT2D eigenvalue weighted by atomic mass is 16.2. The molecule has 7 nitrogen and oxygen atoms in total. The number of hydrogen-bond donors (Lipinski definition) is 0. The van der Waals surface area contributed by atoms with E-state index in [1.54, 1.807) is 28.6 Å². The van der Waals surface area contributed by atoms with Gasteiger partial charge in [-0.15, -0.1) is 0 Å². The van der Waals surface area contributed by atoms with E-state index < -0.39 is 0 Å². The molecule has 2 amide bonds. The lowest BCUT2D eigenvalue weighted by Gasteiger charge is -2.26. The monoisotopic (exact) mass is 355 g/mol. The Hall–Kier alpha value is -2.44. The Morgan fingerprint density at radius 2 is 1.96 bits per heavy atom. The van der Waals surface area contributed by atoms with Crippen molar-refractivity contribution >= 4 is 22.8 Å². The van der Waals surface area contributed by atoms with Crippen LogP contribution in [0.3, 0.4) is 0 Å². The molecule has 4 rings (SSSR count). The molecule has 138 valence electrons. The number of likely N-dealkylation sites (N-methyl/N-ethyl adjacent to an activating group) is 1. The molecule has 0 aromatic carbocycles. The molecule has 1 saturated heterocycles. The Kier molecular flexibility index (Phi) is 3.97. The van der Waals surface area contributed by atoms with Crippen LogP contribution in [0.25, 0.3) is 11.0 Å². The lowest BCUT2D eigenvalue weighted by Crippen LogP contribution is -2.45.